The molecule has 2 aromatic carbocycles. The number of nitrogens with zero attached hydrogens (tertiary/aromatic N) is 2. The standard InChI is InChI=1S/C27H26BrN5O2/c1-17-3-4-20(12-25(17)32-26(34)21-11-23(28)14-31-13-21)27(35)33-15-22(16-33)18-5-7-19(8-6-18)24(30-2)9-10-29/h3-14,22,29-30H,15-16H2,1-2H3,(H,32,34)/b24-9-,29-10?. The zero-order chi connectivity index (χ0) is 24.9. The minimum absolute atomic E-state index is 0.0520. The van der Waals surface area contributed by atoms with E-state index >= 15 is 0 Å². The molecule has 0 atom stereocenters. The Labute approximate surface area is 212 Å². The Morgan fingerprint density at radius 2 is 1.77 bits per heavy atom. The molecule has 0 radical (unpaired) electrons. The lowest BCUT2D eigenvalue weighted by atomic mass is 9.90. The van der Waals surface area contributed by atoms with E-state index in [2.05, 4.69) is 43.7 Å². The van der Waals surface area contributed by atoms with Crippen LogP contribution in [0.2, 0.25) is 0 Å². The summed E-state index contributed by atoms with van der Waals surface area (Å²) in [5, 5.41) is 13.3. The van der Waals surface area contributed by atoms with Gasteiger partial charge in [0, 0.05) is 66.1 Å². The van der Waals surface area contributed by atoms with Crippen LogP contribution in [0.1, 0.15) is 43.3 Å². The number of likely N-dealkylation sites (tertiary alicyclic amines) is 1. The molecule has 8 heteroatoms. The SMILES string of the molecule is CN/C(=C\C=N)c1ccc(C2CN(C(=O)c3ccc(C)c(NC(=O)c4cncc(Br)c4)c3)C2)cc1. The van der Waals surface area contributed by atoms with Gasteiger partial charge < -0.3 is 20.9 Å². The van der Waals surface area contributed by atoms with Crippen LogP contribution >= 0.6 is 15.9 Å². The van der Waals surface area contributed by atoms with E-state index in [1.165, 1.54) is 18.0 Å². The van der Waals surface area contributed by atoms with Crippen molar-refractivity contribution in [3.8, 4) is 0 Å². The Morgan fingerprint density at radius 3 is 2.43 bits per heavy atom. The molecule has 2 amide bonds. The number of pyridine rings is 1. The molecule has 1 saturated heterocycles. The van der Waals surface area contributed by atoms with Crippen LogP contribution in [0.15, 0.2) is 71.5 Å². The predicted molar refractivity (Wildman–Crippen MR) is 142 cm³/mol. The van der Waals surface area contributed by atoms with E-state index in [4.69, 9.17) is 5.41 Å². The first kappa shape index (κ1) is 24.3. The quantitative estimate of drug-likeness (QED) is 0.379. The molecule has 0 spiro atoms. The summed E-state index contributed by atoms with van der Waals surface area (Å²) in [6, 6.07) is 15.3. The summed E-state index contributed by atoms with van der Waals surface area (Å²) in [4.78, 5) is 31.6. The second kappa shape index (κ2) is 10.7. The summed E-state index contributed by atoms with van der Waals surface area (Å²) in [5.74, 6) is -0.0499. The average molecular weight is 532 g/mol. The van der Waals surface area contributed by atoms with Crippen molar-refractivity contribution < 1.29 is 9.59 Å². The summed E-state index contributed by atoms with van der Waals surface area (Å²) >= 11 is 3.33. The van der Waals surface area contributed by atoms with E-state index in [0.717, 1.165) is 21.3 Å². The maximum atomic E-state index is 13.1. The fraction of sp³-hybridized carbons (Fsp3) is 0.185. The van der Waals surface area contributed by atoms with Gasteiger partial charge in [0.15, 0.2) is 0 Å². The fourth-order valence-electron chi connectivity index (χ4n) is 4.00. The Balaban J connectivity index is 1.41. The summed E-state index contributed by atoms with van der Waals surface area (Å²) in [6.07, 6.45) is 6.09. The van der Waals surface area contributed by atoms with Crippen LogP contribution < -0.4 is 10.6 Å². The Morgan fingerprint density at radius 1 is 1.06 bits per heavy atom. The lowest BCUT2D eigenvalue weighted by Gasteiger charge is -2.39. The molecule has 0 saturated carbocycles. The van der Waals surface area contributed by atoms with Gasteiger partial charge in [0.2, 0.25) is 0 Å². The summed E-state index contributed by atoms with van der Waals surface area (Å²) in [7, 11) is 1.83. The summed E-state index contributed by atoms with van der Waals surface area (Å²) in [5.41, 5.74) is 5.53. The number of allylic oxidation sites excluding steroid dienone is 1. The van der Waals surface area contributed by atoms with Crippen LogP contribution in [0.5, 0.6) is 0 Å². The number of anilines is 1. The van der Waals surface area contributed by atoms with Gasteiger partial charge >= 0.3 is 0 Å². The molecule has 0 bridgehead atoms. The largest absolute Gasteiger partial charge is 0.388 e. The molecular formula is C27H26BrN5O2. The third kappa shape index (κ3) is 5.49. The van der Waals surface area contributed by atoms with Gasteiger partial charge in [0.05, 0.1) is 5.56 Å². The average Bonchev–Trinajstić information content (AvgIpc) is 2.83. The molecular weight excluding hydrogens is 506 g/mol. The number of rotatable bonds is 7. The number of hydrogen-bond acceptors (Lipinski definition) is 5. The van der Waals surface area contributed by atoms with Crippen molar-refractivity contribution >= 4 is 45.3 Å². The second-order valence-corrected chi connectivity index (χ2v) is 9.32. The first-order valence-electron chi connectivity index (χ1n) is 11.2. The van der Waals surface area contributed by atoms with E-state index < -0.39 is 0 Å². The number of halogens is 1. The van der Waals surface area contributed by atoms with Gasteiger partial charge in [-0.15, -0.1) is 0 Å². The fourth-order valence-corrected chi connectivity index (χ4v) is 4.36. The number of carbonyl (C=O) groups is 2. The molecule has 1 fully saturated rings. The molecule has 178 valence electrons. The maximum Gasteiger partial charge on any atom is 0.257 e. The molecule has 1 aromatic heterocycles. The smallest absolute Gasteiger partial charge is 0.257 e. The molecule has 4 rings (SSSR count). The summed E-state index contributed by atoms with van der Waals surface area (Å²) < 4.78 is 0.720. The number of amides is 2. The van der Waals surface area contributed by atoms with Crippen LogP contribution in [0.25, 0.3) is 5.70 Å². The highest BCUT2D eigenvalue weighted by Crippen LogP contribution is 2.30. The number of benzene rings is 2. The second-order valence-electron chi connectivity index (χ2n) is 8.40. The van der Waals surface area contributed by atoms with Crippen molar-refractivity contribution in [1.29, 1.82) is 5.41 Å². The molecule has 0 aliphatic carbocycles. The zero-order valence-electron chi connectivity index (χ0n) is 19.5. The first-order chi connectivity index (χ1) is 16.9. The van der Waals surface area contributed by atoms with E-state index in [0.29, 0.717) is 29.9 Å². The van der Waals surface area contributed by atoms with Crippen molar-refractivity contribution in [3.63, 3.8) is 0 Å². The number of aromatic nitrogens is 1. The Hall–Kier alpha value is -3.78. The highest BCUT2D eigenvalue weighted by Gasteiger charge is 2.32. The first-order valence-corrected chi connectivity index (χ1v) is 12.0. The predicted octanol–water partition coefficient (Wildman–Crippen LogP) is 4.85. The van der Waals surface area contributed by atoms with Crippen LogP contribution in [-0.4, -0.2) is 48.1 Å². The van der Waals surface area contributed by atoms with E-state index in [-0.39, 0.29) is 17.7 Å². The molecule has 35 heavy (non-hydrogen) atoms. The van der Waals surface area contributed by atoms with Crippen LogP contribution in [-0.2, 0) is 0 Å². The van der Waals surface area contributed by atoms with Gasteiger partial charge in [-0.1, -0.05) is 30.3 Å². The molecule has 1 aliphatic heterocycles. The van der Waals surface area contributed by atoms with Crippen molar-refractivity contribution in [3.05, 3.63) is 99.3 Å². The monoisotopic (exact) mass is 531 g/mol. The van der Waals surface area contributed by atoms with Crippen molar-refractivity contribution in [2.24, 2.45) is 0 Å². The highest BCUT2D eigenvalue weighted by molar-refractivity contribution is 9.10. The minimum atomic E-state index is -0.282. The Kier molecular flexibility index (Phi) is 7.41. The van der Waals surface area contributed by atoms with Crippen LogP contribution in [0.3, 0.4) is 0 Å². The number of aryl methyl sites for hydroxylation is 1. The highest BCUT2D eigenvalue weighted by atomic mass is 79.9. The van der Waals surface area contributed by atoms with E-state index in [1.807, 2.05) is 37.1 Å². The van der Waals surface area contributed by atoms with E-state index in [1.54, 1.807) is 30.5 Å². The number of hydrogen-bond donors (Lipinski definition) is 3. The summed E-state index contributed by atoms with van der Waals surface area (Å²) in [6.45, 7) is 3.18. The molecule has 2 heterocycles. The van der Waals surface area contributed by atoms with E-state index in [9.17, 15) is 9.59 Å². The van der Waals surface area contributed by atoms with Gasteiger partial charge in [-0.25, -0.2) is 0 Å². The third-order valence-corrected chi connectivity index (χ3v) is 6.51. The van der Waals surface area contributed by atoms with Gasteiger partial charge in [-0.05, 0) is 63.8 Å². The van der Waals surface area contributed by atoms with Crippen LogP contribution in [0.4, 0.5) is 5.69 Å². The molecule has 3 N–H and O–H groups in total. The Bertz CT molecular complexity index is 1300. The van der Waals surface area contributed by atoms with Crippen molar-refractivity contribution in [2.75, 3.05) is 25.5 Å². The minimum Gasteiger partial charge on any atom is -0.388 e. The lowest BCUT2D eigenvalue weighted by molar-refractivity contribution is 0.0602. The van der Waals surface area contributed by atoms with Gasteiger partial charge in [-0.2, -0.15) is 0 Å². The molecule has 1 aliphatic rings. The van der Waals surface area contributed by atoms with Crippen molar-refractivity contribution in [2.45, 2.75) is 12.8 Å². The molecule has 3 aromatic rings. The number of carbonyl (C=O) groups excluding carboxylic acids is 2. The topological polar surface area (TPSA) is 98.2 Å². The third-order valence-electron chi connectivity index (χ3n) is 6.08. The van der Waals surface area contributed by atoms with Gasteiger partial charge in [0.1, 0.15) is 0 Å². The van der Waals surface area contributed by atoms with Gasteiger partial charge in [-0.3, -0.25) is 14.6 Å². The number of nitrogens with one attached hydrogen (secondary N) is 3. The maximum absolute atomic E-state index is 13.1. The van der Waals surface area contributed by atoms with Crippen molar-refractivity contribution in [1.82, 2.24) is 15.2 Å². The molecule has 7 nitrogen and oxygen atoms in total. The molecule has 0 unspecified atom stereocenters. The van der Waals surface area contributed by atoms with Gasteiger partial charge in [0.25, 0.3) is 11.8 Å². The van der Waals surface area contributed by atoms with Crippen LogP contribution in [0, 0.1) is 12.3 Å². The zero-order valence-corrected chi connectivity index (χ0v) is 21.1. The lowest BCUT2D eigenvalue weighted by Crippen LogP contribution is -2.48. The normalized spacial score (nSPS) is 13.7.